The Morgan fingerprint density at radius 3 is 2.73 bits per heavy atom. The van der Waals surface area contributed by atoms with Gasteiger partial charge in [-0.05, 0) is 67.5 Å². The Balaban J connectivity index is 1.40. The largest absolute Gasteiger partial charge is 0.490 e. The van der Waals surface area contributed by atoms with Crippen LogP contribution in [0.2, 0.25) is 0 Å². The second-order valence-electron chi connectivity index (χ2n) is 8.50. The summed E-state index contributed by atoms with van der Waals surface area (Å²) in [6, 6.07) is 14.2. The number of esters is 1. The minimum Gasteiger partial charge on any atom is -0.490 e. The van der Waals surface area contributed by atoms with Crippen molar-refractivity contribution < 1.29 is 19.1 Å². The molecule has 0 radical (unpaired) electrons. The van der Waals surface area contributed by atoms with Crippen LogP contribution in [-0.4, -0.2) is 18.5 Å². The quantitative estimate of drug-likeness (QED) is 0.395. The van der Waals surface area contributed by atoms with Gasteiger partial charge in [-0.3, -0.25) is 4.79 Å². The molecule has 1 amide bonds. The summed E-state index contributed by atoms with van der Waals surface area (Å²) >= 11 is 1.69. The number of rotatable bonds is 5. The fourth-order valence-corrected chi connectivity index (χ4v) is 5.86. The first-order valence-corrected chi connectivity index (χ1v) is 12.1. The van der Waals surface area contributed by atoms with Gasteiger partial charge in [-0.25, -0.2) is 4.79 Å². The molecule has 33 heavy (non-hydrogen) atoms. The highest BCUT2D eigenvalue weighted by Gasteiger charge is 2.33. The number of fused-ring (bicyclic) bond motifs is 3. The van der Waals surface area contributed by atoms with E-state index in [0.29, 0.717) is 29.6 Å². The second-order valence-corrected chi connectivity index (χ2v) is 9.61. The van der Waals surface area contributed by atoms with Crippen LogP contribution >= 0.6 is 11.3 Å². The van der Waals surface area contributed by atoms with Crippen molar-refractivity contribution in [2.24, 2.45) is 5.92 Å². The van der Waals surface area contributed by atoms with Gasteiger partial charge in [-0.1, -0.05) is 31.2 Å². The fourth-order valence-electron chi connectivity index (χ4n) is 4.42. The number of hydrogen-bond donors (Lipinski definition) is 2. The molecule has 0 bridgehead atoms. The van der Waals surface area contributed by atoms with Gasteiger partial charge in [0.15, 0.2) is 11.5 Å². The highest BCUT2D eigenvalue weighted by molar-refractivity contribution is 7.16. The van der Waals surface area contributed by atoms with Crippen molar-refractivity contribution in [1.29, 1.82) is 0 Å². The SMILES string of the molecule is CCOc1cc([C@@H]2NC(=O)c3c(sc4c3CC[C@@H](C)C4)N2)ccc1OC(=O)c1ccccc1. The average Bonchev–Trinajstić information content (AvgIpc) is 3.18. The Bertz CT molecular complexity index is 1200. The number of carbonyl (C=O) groups is 2. The van der Waals surface area contributed by atoms with Gasteiger partial charge in [0, 0.05) is 4.88 Å². The maximum Gasteiger partial charge on any atom is 0.343 e. The zero-order valence-electron chi connectivity index (χ0n) is 18.6. The summed E-state index contributed by atoms with van der Waals surface area (Å²) in [5.41, 5.74) is 3.30. The lowest BCUT2D eigenvalue weighted by atomic mass is 9.88. The smallest absolute Gasteiger partial charge is 0.343 e. The van der Waals surface area contributed by atoms with Gasteiger partial charge in [-0.2, -0.15) is 0 Å². The zero-order chi connectivity index (χ0) is 22.9. The molecule has 2 aromatic carbocycles. The molecule has 1 aromatic heterocycles. The van der Waals surface area contributed by atoms with Crippen molar-refractivity contribution in [3.8, 4) is 11.5 Å². The van der Waals surface area contributed by atoms with Crippen molar-refractivity contribution in [2.75, 3.05) is 11.9 Å². The Kier molecular flexibility index (Phi) is 5.81. The molecule has 2 aliphatic rings. The van der Waals surface area contributed by atoms with Gasteiger partial charge < -0.3 is 20.1 Å². The van der Waals surface area contributed by atoms with Gasteiger partial charge in [0.25, 0.3) is 5.91 Å². The molecule has 0 spiro atoms. The van der Waals surface area contributed by atoms with E-state index in [1.54, 1.807) is 41.7 Å². The van der Waals surface area contributed by atoms with E-state index in [1.807, 2.05) is 25.1 Å². The van der Waals surface area contributed by atoms with E-state index in [9.17, 15) is 9.59 Å². The molecule has 0 unspecified atom stereocenters. The Labute approximate surface area is 196 Å². The number of hydrogen-bond acceptors (Lipinski definition) is 6. The summed E-state index contributed by atoms with van der Waals surface area (Å²) in [5.74, 6) is 0.962. The molecule has 1 aliphatic heterocycles. The van der Waals surface area contributed by atoms with Crippen molar-refractivity contribution in [2.45, 2.75) is 39.3 Å². The number of amides is 1. The molecule has 5 rings (SSSR count). The standard InChI is InChI=1S/C26H26N2O4S/c1-3-31-20-14-17(10-12-19(20)32-26(30)16-7-5-4-6-8-16)23-27-24(29)22-18-11-9-15(2)13-21(18)33-25(22)28-23/h4-8,10,12,14-15,23,28H,3,9,11,13H2,1-2H3,(H,27,29)/t15-,23-/m1/s1. The average molecular weight is 463 g/mol. The molecule has 6 nitrogen and oxygen atoms in total. The van der Waals surface area contributed by atoms with E-state index >= 15 is 0 Å². The maximum absolute atomic E-state index is 13.0. The van der Waals surface area contributed by atoms with Gasteiger partial charge >= 0.3 is 5.97 Å². The van der Waals surface area contributed by atoms with Crippen LogP contribution in [0.15, 0.2) is 48.5 Å². The van der Waals surface area contributed by atoms with Crippen LogP contribution in [0.25, 0.3) is 0 Å². The lowest BCUT2D eigenvalue weighted by Crippen LogP contribution is -2.38. The van der Waals surface area contributed by atoms with Crippen LogP contribution < -0.4 is 20.1 Å². The van der Waals surface area contributed by atoms with Gasteiger partial charge in [-0.15, -0.1) is 11.3 Å². The Morgan fingerprint density at radius 2 is 1.94 bits per heavy atom. The van der Waals surface area contributed by atoms with Crippen molar-refractivity contribution in [3.63, 3.8) is 0 Å². The van der Waals surface area contributed by atoms with E-state index in [-0.39, 0.29) is 12.1 Å². The number of nitrogens with one attached hydrogen (secondary N) is 2. The maximum atomic E-state index is 13.0. The number of thiophene rings is 1. The Hall–Kier alpha value is -3.32. The van der Waals surface area contributed by atoms with Crippen LogP contribution in [-0.2, 0) is 12.8 Å². The zero-order valence-corrected chi connectivity index (χ0v) is 19.5. The van der Waals surface area contributed by atoms with E-state index in [4.69, 9.17) is 9.47 Å². The number of anilines is 1. The van der Waals surface area contributed by atoms with E-state index in [2.05, 4.69) is 17.6 Å². The summed E-state index contributed by atoms with van der Waals surface area (Å²) in [6.45, 7) is 4.56. The number of benzene rings is 2. The molecule has 1 aliphatic carbocycles. The third-order valence-electron chi connectivity index (χ3n) is 6.10. The summed E-state index contributed by atoms with van der Waals surface area (Å²) in [4.78, 5) is 26.8. The first-order valence-electron chi connectivity index (χ1n) is 11.3. The number of ether oxygens (including phenoxy) is 2. The fraction of sp³-hybridized carbons (Fsp3) is 0.308. The molecule has 170 valence electrons. The molecule has 2 heterocycles. The normalized spacial score (nSPS) is 19.0. The van der Waals surface area contributed by atoms with Crippen molar-refractivity contribution in [3.05, 3.63) is 75.7 Å². The van der Waals surface area contributed by atoms with E-state index in [0.717, 1.165) is 35.4 Å². The first-order chi connectivity index (χ1) is 16.0. The molecule has 0 saturated heterocycles. The van der Waals surface area contributed by atoms with E-state index < -0.39 is 5.97 Å². The lowest BCUT2D eigenvalue weighted by molar-refractivity contribution is 0.0728. The highest BCUT2D eigenvalue weighted by atomic mass is 32.1. The molecule has 2 atom stereocenters. The summed E-state index contributed by atoms with van der Waals surface area (Å²) < 4.78 is 11.4. The third-order valence-corrected chi connectivity index (χ3v) is 7.29. The van der Waals surface area contributed by atoms with Gasteiger partial charge in [0.2, 0.25) is 0 Å². The molecule has 3 aromatic rings. The van der Waals surface area contributed by atoms with Crippen molar-refractivity contribution >= 4 is 28.2 Å². The van der Waals surface area contributed by atoms with Gasteiger partial charge in [0.05, 0.1) is 17.7 Å². The van der Waals surface area contributed by atoms with Crippen LogP contribution in [0.1, 0.15) is 63.2 Å². The summed E-state index contributed by atoms with van der Waals surface area (Å²) in [6.07, 6.45) is 2.72. The van der Waals surface area contributed by atoms with Crippen LogP contribution in [0.3, 0.4) is 0 Å². The second kappa shape index (κ2) is 8.90. The van der Waals surface area contributed by atoms with Gasteiger partial charge in [0.1, 0.15) is 11.2 Å². The van der Waals surface area contributed by atoms with Crippen LogP contribution in [0.5, 0.6) is 11.5 Å². The van der Waals surface area contributed by atoms with Crippen LogP contribution in [0, 0.1) is 5.92 Å². The third kappa shape index (κ3) is 4.20. The molecular weight excluding hydrogens is 436 g/mol. The molecule has 2 N–H and O–H groups in total. The minimum atomic E-state index is -0.448. The Morgan fingerprint density at radius 1 is 1.12 bits per heavy atom. The topological polar surface area (TPSA) is 76.7 Å². The molecular formula is C26H26N2O4S. The lowest BCUT2D eigenvalue weighted by Gasteiger charge is -2.27. The van der Waals surface area contributed by atoms with E-state index in [1.165, 1.54) is 10.4 Å². The molecule has 0 fully saturated rings. The molecule has 0 saturated carbocycles. The summed E-state index contributed by atoms with van der Waals surface area (Å²) in [5, 5.41) is 7.51. The summed E-state index contributed by atoms with van der Waals surface area (Å²) in [7, 11) is 0. The van der Waals surface area contributed by atoms with Crippen LogP contribution in [0.4, 0.5) is 5.00 Å². The molecule has 7 heteroatoms. The minimum absolute atomic E-state index is 0.0432. The predicted octanol–water partition coefficient (Wildman–Crippen LogP) is 5.34. The number of carbonyl (C=O) groups excluding carboxylic acids is 2. The monoisotopic (exact) mass is 462 g/mol. The van der Waals surface area contributed by atoms with Crippen molar-refractivity contribution in [1.82, 2.24) is 5.32 Å². The highest BCUT2D eigenvalue weighted by Crippen LogP contribution is 2.43. The predicted molar refractivity (Wildman–Crippen MR) is 128 cm³/mol. The first kappa shape index (κ1) is 21.5.